The summed E-state index contributed by atoms with van der Waals surface area (Å²) in [5, 5.41) is 3.60. The number of pyridine rings is 1. The van der Waals surface area contributed by atoms with Gasteiger partial charge in [0.2, 0.25) is 0 Å². The predicted molar refractivity (Wildman–Crippen MR) is 271 cm³/mol. The summed E-state index contributed by atoms with van der Waals surface area (Å²) >= 11 is 1.85. The van der Waals surface area contributed by atoms with Gasteiger partial charge in [0.05, 0.1) is 33.3 Å². The first-order valence-electron chi connectivity index (χ1n) is 21.8. The third-order valence-electron chi connectivity index (χ3n) is 12.5. The molecule has 4 aromatic heterocycles. The summed E-state index contributed by atoms with van der Waals surface area (Å²) in [5.41, 5.74) is 15.8. The molecule has 0 aliphatic heterocycles. The van der Waals surface area contributed by atoms with Crippen LogP contribution in [0.2, 0.25) is 0 Å². The number of imidazole rings is 2. The predicted octanol–water partition coefficient (Wildman–Crippen LogP) is 15.6. The standard InChI is InChI=1S/C59H37N5S/c1-3-15-45(16-4-1)63-52-24-12-10-22-50(52)61-58(63)40-31-27-38(28-32-40)42-35-43(37-44(36-42)56-55-48-20-8-14-26-54(48)65-57(55)47-19-7-9-21-49(47)60-56)39-29-33-41(34-30-39)59-62-51-23-11-13-25-53(51)64(59)46-17-5-2-6-18-46/h1-37H. The number of hydrogen-bond acceptors (Lipinski definition) is 4. The number of aromatic nitrogens is 5. The van der Waals surface area contributed by atoms with Crippen LogP contribution < -0.4 is 0 Å². The van der Waals surface area contributed by atoms with E-state index in [1.807, 2.05) is 23.5 Å². The summed E-state index contributed by atoms with van der Waals surface area (Å²) in [6.07, 6.45) is 0. The molecule has 0 unspecified atom stereocenters. The van der Waals surface area contributed by atoms with Gasteiger partial charge < -0.3 is 0 Å². The molecule has 304 valence electrons. The van der Waals surface area contributed by atoms with Crippen molar-refractivity contribution in [2.75, 3.05) is 0 Å². The quantitative estimate of drug-likeness (QED) is 0.161. The third-order valence-corrected chi connectivity index (χ3v) is 13.7. The zero-order chi connectivity index (χ0) is 42.8. The minimum atomic E-state index is 0.909. The Morgan fingerprint density at radius 1 is 0.323 bits per heavy atom. The van der Waals surface area contributed by atoms with Crippen molar-refractivity contribution in [3.8, 4) is 67.7 Å². The van der Waals surface area contributed by atoms with Crippen LogP contribution in [0.5, 0.6) is 0 Å². The van der Waals surface area contributed by atoms with Gasteiger partial charge in [-0.25, -0.2) is 15.0 Å². The highest BCUT2D eigenvalue weighted by Crippen LogP contribution is 2.44. The molecular formula is C59H37N5S. The van der Waals surface area contributed by atoms with Crippen molar-refractivity contribution < 1.29 is 0 Å². The maximum absolute atomic E-state index is 5.48. The van der Waals surface area contributed by atoms with Crippen LogP contribution in [0.4, 0.5) is 0 Å². The van der Waals surface area contributed by atoms with E-state index < -0.39 is 0 Å². The van der Waals surface area contributed by atoms with Gasteiger partial charge in [-0.05, 0) is 101 Å². The van der Waals surface area contributed by atoms with E-state index in [-0.39, 0.29) is 0 Å². The fourth-order valence-corrected chi connectivity index (χ4v) is 10.7. The molecule has 0 atom stereocenters. The molecule has 0 aliphatic carbocycles. The lowest BCUT2D eigenvalue weighted by Gasteiger charge is -2.14. The van der Waals surface area contributed by atoms with Crippen molar-refractivity contribution in [1.29, 1.82) is 0 Å². The molecule has 13 rings (SSSR count). The molecule has 0 aliphatic rings. The van der Waals surface area contributed by atoms with Gasteiger partial charge >= 0.3 is 0 Å². The summed E-state index contributed by atoms with van der Waals surface area (Å²) in [6.45, 7) is 0. The van der Waals surface area contributed by atoms with Gasteiger partial charge in [-0.2, -0.15) is 0 Å². The third kappa shape index (κ3) is 6.26. The number of benzene rings is 9. The van der Waals surface area contributed by atoms with Gasteiger partial charge in [0, 0.05) is 53.6 Å². The second kappa shape index (κ2) is 15.1. The van der Waals surface area contributed by atoms with E-state index in [4.69, 9.17) is 15.0 Å². The van der Waals surface area contributed by atoms with Crippen molar-refractivity contribution in [2.24, 2.45) is 0 Å². The van der Waals surface area contributed by atoms with Gasteiger partial charge in [-0.1, -0.05) is 146 Å². The van der Waals surface area contributed by atoms with E-state index in [1.165, 1.54) is 25.6 Å². The molecule has 0 radical (unpaired) electrons. The van der Waals surface area contributed by atoms with E-state index in [2.05, 4.69) is 221 Å². The number of thiophene rings is 1. The van der Waals surface area contributed by atoms with Gasteiger partial charge in [0.1, 0.15) is 11.6 Å². The Hall–Kier alpha value is -8.45. The number of rotatable bonds is 7. The second-order valence-corrected chi connectivity index (χ2v) is 17.5. The van der Waals surface area contributed by atoms with Crippen LogP contribution >= 0.6 is 11.3 Å². The zero-order valence-electron chi connectivity index (χ0n) is 35.0. The summed E-state index contributed by atoms with van der Waals surface area (Å²) in [5.74, 6) is 1.82. The summed E-state index contributed by atoms with van der Waals surface area (Å²) in [7, 11) is 0. The largest absolute Gasteiger partial charge is 0.292 e. The maximum atomic E-state index is 5.48. The summed E-state index contributed by atoms with van der Waals surface area (Å²) in [4.78, 5) is 15.8. The van der Waals surface area contributed by atoms with E-state index in [0.29, 0.717) is 0 Å². The smallest absolute Gasteiger partial charge is 0.145 e. The number of fused-ring (bicyclic) bond motifs is 7. The average molecular weight is 848 g/mol. The maximum Gasteiger partial charge on any atom is 0.145 e. The van der Waals surface area contributed by atoms with Crippen LogP contribution in [0.15, 0.2) is 224 Å². The van der Waals surface area contributed by atoms with Crippen molar-refractivity contribution in [1.82, 2.24) is 24.1 Å². The Kier molecular flexibility index (Phi) is 8.64. The van der Waals surface area contributed by atoms with Crippen LogP contribution in [0.1, 0.15) is 0 Å². The lowest BCUT2D eigenvalue weighted by molar-refractivity contribution is 1.10. The highest BCUT2D eigenvalue weighted by Gasteiger charge is 2.20. The number of hydrogen-bond donors (Lipinski definition) is 0. The Balaban J connectivity index is 0.982. The number of nitrogens with zero attached hydrogens (tertiary/aromatic N) is 5. The average Bonchev–Trinajstić information content (AvgIpc) is 4.09. The molecule has 4 heterocycles. The molecule has 0 saturated heterocycles. The monoisotopic (exact) mass is 847 g/mol. The minimum absolute atomic E-state index is 0.909. The first-order chi connectivity index (χ1) is 32.2. The van der Waals surface area contributed by atoms with Gasteiger partial charge in [-0.3, -0.25) is 9.13 Å². The minimum Gasteiger partial charge on any atom is -0.292 e. The lowest BCUT2D eigenvalue weighted by atomic mass is 9.92. The van der Waals surface area contributed by atoms with Crippen LogP contribution in [-0.2, 0) is 0 Å². The van der Waals surface area contributed by atoms with Crippen LogP contribution in [0.3, 0.4) is 0 Å². The van der Waals surface area contributed by atoms with Crippen LogP contribution in [0, 0.1) is 0 Å². The Labute approximate surface area is 378 Å². The van der Waals surface area contributed by atoms with E-state index in [1.54, 1.807) is 0 Å². The van der Waals surface area contributed by atoms with Crippen LogP contribution in [-0.4, -0.2) is 24.1 Å². The van der Waals surface area contributed by atoms with Crippen LogP contribution in [0.25, 0.3) is 121 Å². The molecular weight excluding hydrogens is 811 g/mol. The van der Waals surface area contributed by atoms with E-state index >= 15 is 0 Å². The van der Waals surface area contributed by atoms with Crippen molar-refractivity contribution >= 4 is 64.5 Å². The zero-order valence-corrected chi connectivity index (χ0v) is 35.8. The van der Waals surface area contributed by atoms with Crippen molar-refractivity contribution in [3.63, 3.8) is 0 Å². The number of para-hydroxylation sites is 7. The SMILES string of the molecule is c1ccc(-n2c(-c3ccc(-c4cc(-c5ccc(-c6nc7ccccc7n6-c6ccccc6)cc5)cc(-c5nc6ccccc6c6sc7ccccc7c56)c4)cc3)nc3ccccc32)cc1. The molecule has 0 bridgehead atoms. The fourth-order valence-electron chi connectivity index (χ4n) is 9.46. The van der Waals surface area contributed by atoms with Gasteiger partial charge in [-0.15, -0.1) is 11.3 Å². The second-order valence-electron chi connectivity index (χ2n) is 16.4. The van der Waals surface area contributed by atoms with Crippen molar-refractivity contribution in [2.45, 2.75) is 0 Å². The van der Waals surface area contributed by atoms with Crippen molar-refractivity contribution in [3.05, 3.63) is 224 Å². The summed E-state index contributed by atoms with van der Waals surface area (Å²) < 4.78 is 7.02. The molecule has 0 N–H and O–H groups in total. The highest BCUT2D eigenvalue weighted by atomic mass is 32.1. The van der Waals surface area contributed by atoms with E-state index in [9.17, 15) is 0 Å². The molecule has 6 heteroatoms. The Morgan fingerprint density at radius 2 is 0.754 bits per heavy atom. The highest BCUT2D eigenvalue weighted by molar-refractivity contribution is 7.26. The first-order valence-corrected chi connectivity index (χ1v) is 22.7. The van der Waals surface area contributed by atoms with Gasteiger partial charge in [0.25, 0.3) is 0 Å². The fraction of sp³-hybridized carbons (Fsp3) is 0. The lowest BCUT2D eigenvalue weighted by Crippen LogP contribution is -1.97. The molecule has 0 spiro atoms. The first kappa shape index (κ1) is 37.1. The molecule has 13 aromatic rings. The topological polar surface area (TPSA) is 48.5 Å². The molecule has 0 fully saturated rings. The Morgan fingerprint density at radius 3 is 1.31 bits per heavy atom. The Bertz CT molecular complexity index is 3740. The normalized spacial score (nSPS) is 11.7. The summed E-state index contributed by atoms with van der Waals surface area (Å²) in [6, 6.07) is 79.6. The van der Waals surface area contributed by atoms with Gasteiger partial charge in [0.15, 0.2) is 0 Å². The van der Waals surface area contributed by atoms with E-state index in [0.717, 1.165) is 95.2 Å². The molecule has 0 amide bonds. The molecule has 65 heavy (non-hydrogen) atoms. The molecule has 0 saturated carbocycles. The molecule has 5 nitrogen and oxygen atoms in total. The molecule has 9 aromatic carbocycles.